The molecule has 0 spiro atoms. The van der Waals surface area contributed by atoms with Crippen molar-refractivity contribution in [3.63, 3.8) is 0 Å². The molecule has 192 valence electrons. The van der Waals surface area contributed by atoms with Gasteiger partial charge in [-0.25, -0.2) is 9.78 Å². The normalized spacial score (nSPS) is 21.9. The first-order valence-electron chi connectivity index (χ1n) is 11.7. The van der Waals surface area contributed by atoms with Gasteiger partial charge in [-0.3, -0.25) is 24.1 Å². The Balaban J connectivity index is 1.64. The molecule has 5 rings (SSSR count). The number of nitrogens with zero attached hydrogens (tertiary/aromatic N) is 4. The molecule has 0 bridgehead atoms. The number of benzene rings is 1. The van der Waals surface area contributed by atoms with Crippen molar-refractivity contribution in [3.8, 4) is 0 Å². The monoisotopic (exact) mass is 524 g/mol. The molecular weight excluding hydrogens is 500 g/mol. The van der Waals surface area contributed by atoms with Crippen molar-refractivity contribution in [1.82, 2.24) is 14.3 Å². The lowest BCUT2D eigenvalue weighted by atomic mass is 9.74. The summed E-state index contributed by atoms with van der Waals surface area (Å²) in [6.07, 6.45) is 2.52. The second-order valence-electron chi connectivity index (χ2n) is 9.69. The van der Waals surface area contributed by atoms with Gasteiger partial charge in [0, 0.05) is 35.7 Å². The fourth-order valence-electron chi connectivity index (χ4n) is 5.30. The minimum atomic E-state index is -1.27. The summed E-state index contributed by atoms with van der Waals surface area (Å²) in [4.78, 5) is 55.3. The summed E-state index contributed by atoms with van der Waals surface area (Å²) in [5.74, 6) is -3.40. The molecule has 4 heterocycles. The Morgan fingerprint density at radius 2 is 1.89 bits per heavy atom. The van der Waals surface area contributed by atoms with Crippen LogP contribution in [0, 0.1) is 27.9 Å². The van der Waals surface area contributed by atoms with Gasteiger partial charge in [0.25, 0.3) is 5.69 Å². The van der Waals surface area contributed by atoms with Crippen LogP contribution in [0.25, 0.3) is 10.4 Å². The maximum atomic E-state index is 13.0. The number of imidazole rings is 1. The van der Waals surface area contributed by atoms with Crippen LogP contribution < -0.4 is 0 Å². The fraction of sp³-hybridized carbons (Fsp3) is 0.360. The third-order valence-electron chi connectivity index (χ3n) is 7.03. The lowest BCUT2D eigenvalue weighted by Crippen LogP contribution is -2.64. The Morgan fingerprint density at radius 1 is 1.22 bits per heavy atom. The van der Waals surface area contributed by atoms with Gasteiger partial charge in [-0.2, -0.15) is 0 Å². The summed E-state index contributed by atoms with van der Waals surface area (Å²) in [6, 6.07) is 5.40. The highest BCUT2D eigenvalue weighted by Crippen LogP contribution is 2.52. The summed E-state index contributed by atoms with van der Waals surface area (Å²) in [5, 5.41) is 31.6. The molecule has 1 unspecified atom stereocenters. The summed E-state index contributed by atoms with van der Waals surface area (Å²) in [7, 11) is 0. The van der Waals surface area contributed by atoms with E-state index in [0.29, 0.717) is 27.4 Å². The van der Waals surface area contributed by atoms with E-state index >= 15 is 0 Å². The number of hydrogen-bond donors (Lipinski definition) is 2. The first-order chi connectivity index (χ1) is 17.5. The number of amides is 1. The largest absolute Gasteiger partial charge is 0.477 e. The number of aliphatic hydroxyl groups is 1. The zero-order valence-corrected chi connectivity index (χ0v) is 21.0. The van der Waals surface area contributed by atoms with E-state index in [9.17, 15) is 34.7 Å². The van der Waals surface area contributed by atoms with Gasteiger partial charge in [0.05, 0.1) is 27.9 Å². The second-order valence-corrected chi connectivity index (χ2v) is 10.7. The minimum absolute atomic E-state index is 0.0669. The first-order valence-corrected chi connectivity index (χ1v) is 12.6. The maximum absolute atomic E-state index is 13.0. The lowest BCUT2D eigenvalue weighted by molar-refractivity contribution is -0.384. The molecule has 1 saturated heterocycles. The van der Waals surface area contributed by atoms with Crippen LogP contribution in [0.4, 0.5) is 5.69 Å². The molecule has 11 nitrogen and oxygen atoms in total. The molecule has 2 aliphatic heterocycles. The summed E-state index contributed by atoms with van der Waals surface area (Å²) in [5.41, 5.74) is 1.25. The number of β-lactam (4-membered cyclic amide) rings is 1. The highest BCUT2D eigenvalue weighted by atomic mass is 32.1. The number of carbonyl (C=O) groups excluding carboxylic acids is 2. The predicted octanol–water partition coefficient (Wildman–Crippen LogP) is 3.02. The van der Waals surface area contributed by atoms with E-state index in [0.717, 1.165) is 5.56 Å². The molecule has 0 aliphatic carbocycles. The highest BCUT2D eigenvalue weighted by molar-refractivity contribution is 7.18. The smallest absolute Gasteiger partial charge is 0.352 e. The topological polar surface area (TPSA) is 155 Å². The number of thiazole rings is 1. The maximum Gasteiger partial charge on any atom is 0.352 e. The number of aliphatic carboxylic acids is 1. The van der Waals surface area contributed by atoms with Crippen molar-refractivity contribution in [3.05, 3.63) is 68.7 Å². The SMILES string of the molecule is CC(C)C(=O)c1ncn2cc(C3=C(C(=O)O)N4C(=O)[C@H]([C@@H](C)O)[C@H]4C3Cc3ccc([N+](=O)[O-])cc3)sc12. The van der Waals surface area contributed by atoms with Crippen LogP contribution >= 0.6 is 11.3 Å². The van der Waals surface area contributed by atoms with Gasteiger partial charge < -0.3 is 15.1 Å². The Labute approximate surface area is 214 Å². The van der Waals surface area contributed by atoms with Crippen molar-refractivity contribution in [2.45, 2.75) is 39.3 Å². The molecular formula is C25H24N4O7S. The molecule has 1 amide bonds. The summed E-state index contributed by atoms with van der Waals surface area (Å²) in [6.45, 7) is 5.06. The number of nitro groups is 1. The minimum Gasteiger partial charge on any atom is -0.477 e. The third-order valence-corrected chi connectivity index (χ3v) is 8.17. The number of Topliss-reactive ketones (excluding diaryl/α,β-unsaturated/α-hetero) is 1. The van der Waals surface area contributed by atoms with Crippen LogP contribution in [0.2, 0.25) is 0 Å². The molecule has 1 aromatic carbocycles. The lowest BCUT2D eigenvalue weighted by Gasteiger charge is -2.47. The standard InChI is InChI=1S/C25H24N4O7S/c1-11(2)22(31)19-24-27(10-26-19)9-16(37-24)18-15(8-13-4-6-14(7-5-13)29(35)36)20-17(12(3)30)23(32)28(20)21(18)25(33)34/h4-7,9-12,15,17,20,30H,8H2,1-3H3,(H,33,34)/t12-,15?,17-,20-/m1/s1. The number of aromatic nitrogens is 2. The molecule has 2 aliphatic rings. The molecule has 4 atom stereocenters. The van der Waals surface area contributed by atoms with Crippen molar-refractivity contribution in [2.24, 2.45) is 17.8 Å². The Hall–Kier alpha value is -3.90. The zero-order chi connectivity index (χ0) is 26.8. The molecule has 0 saturated carbocycles. The van der Waals surface area contributed by atoms with E-state index in [1.54, 1.807) is 36.6 Å². The quantitative estimate of drug-likeness (QED) is 0.197. The molecule has 1 fully saturated rings. The average Bonchev–Trinajstić information content (AvgIpc) is 3.48. The summed E-state index contributed by atoms with van der Waals surface area (Å²) >= 11 is 1.23. The van der Waals surface area contributed by atoms with Gasteiger partial charge in [0.1, 0.15) is 22.5 Å². The van der Waals surface area contributed by atoms with E-state index in [4.69, 9.17) is 0 Å². The Morgan fingerprint density at radius 3 is 2.46 bits per heavy atom. The number of rotatable bonds is 8. The van der Waals surface area contributed by atoms with E-state index < -0.39 is 40.8 Å². The molecule has 0 radical (unpaired) electrons. The summed E-state index contributed by atoms with van der Waals surface area (Å²) < 4.78 is 1.68. The molecule has 3 aromatic rings. The van der Waals surface area contributed by atoms with Gasteiger partial charge in [0.15, 0.2) is 5.78 Å². The van der Waals surface area contributed by atoms with E-state index in [-0.39, 0.29) is 23.1 Å². The molecule has 2 aromatic heterocycles. The highest BCUT2D eigenvalue weighted by Gasteiger charge is 2.61. The molecule has 37 heavy (non-hydrogen) atoms. The van der Waals surface area contributed by atoms with Crippen molar-refractivity contribution in [2.75, 3.05) is 0 Å². The molecule has 2 N–H and O–H groups in total. The van der Waals surface area contributed by atoms with Gasteiger partial charge in [-0.05, 0) is 18.9 Å². The number of fused-ring (bicyclic) bond motifs is 2. The van der Waals surface area contributed by atoms with Crippen LogP contribution in [0.3, 0.4) is 0 Å². The van der Waals surface area contributed by atoms with Crippen LogP contribution in [0.1, 0.15) is 41.7 Å². The average molecular weight is 525 g/mol. The number of aliphatic hydroxyl groups excluding tert-OH is 1. The number of hydrogen-bond acceptors (Lipinski definition) is 8. The van der Waals surface area contributed by atoms with E-state index in [1.807, 2.05) is 0 Å². The molecule has 12 heteroatoms. The van der Waals surface area contributed by atoms with Gasteiger partial charge in [-0.15, -0.1) is 11.3 Å². The van der Waals surface area contributed by atoms with Crippen molar-refractivity contribution >= 4 is 45.1 Å². The second kappa shape index (κ2) is 8.89. The van der Waals surface area contributed by atoms with Crippen LogP contribution in [0.15, 0.2) is 42.5 Å². The van der Waals surface area contributed by atoms with Gasteiger partial charge in [0.2, 0.25) is 5.91 Å². The number of carbonyl (C=O) groups is 3. The van der Waals surface area contributed by atoms with E-state index in [1.165, 1.54) is 41.6 Å². The fourth-order valence-corrected chi connectivity index (χ4v) is 6.49. The number of carboxylic acids is 1. The van der Waals surface area contributed by atoms with Crippen molar-refractivity contribution in [1.29, 1.82) is 0 Å². The van der Waals surface area contributed by atoms with E-state index in [2.05, 4.69) is 4.98 Å². The van der Waals surface area contributed by atoms with Crippen molar-refractivity contribution < 1.29 is 29.5 Å². The van der Waals surface area contributed by atoms with Crippen LogP contribution in [0.5, 0.6) is 0 Å². The van der Waals surface area contributed by atoms with Gasteiger partial charge in [-0.1, -0.05) is 26.0 Å². The predicted molar refractivity (Wildman–Crippen MR) is 133 cm³/mol. The number of nitro benzene ring substituents is 1. The zero-order valence-electron chi connectivity index (χ0n) is 20.2. The van der Waals surface area contributed by atoms with Gasteiger partial charge >= 0.3 is 5.97 Å². The van der Waals surface area contributed by atoms with Crippen LogP contribution in [-0.2, 0) is 16.0 Å². The van der Waals surface area contributed by atoms with Crippen LogP contribution in [-0.4, -0.2) is 59.2 Å². The Bertz CT molecular complexity index is 1480. The number of carboxylic acid groups (broad SMARTS) is 1. The number of ketones is 1. The Kier molecular flexibility index (Phi) is 5.95. The first kappa shape index (κ1) is 24.8. The number of non-ortho nitro benzene ring substituents is 1. The third kappa shape index (κ3) is 3.83.